The van der Waals surface area contributed by atoms with Gasteiger partial charge in [-0.05, 0) is 18.8 Å². The van der Waals surface area contributed by atoms with Gasteiger partial charge >= 0.3 is 0 Å². The molecule has 4 nitrogen and oxygen atoms in total. The number of hydrogen-bond donors (Lipinski definition) is 1. The molecule has 0 amide bonds. The first-order chi connectivity index (χ1) is 7.76. The Balaban J connectivity index is 2.18. The summed E-state index contributed by atoms with van der Waals surface area (Å²) in [6, 6.07) is 0.637. The molecule has 2 unspecified atom stereocenters. The Morgan fingerprint density at radius 3 is 2.69 bits per heavy atom. The Labute approximate surface area is 98.5 Å². The second kappa shape index (κ2) is 7.39. The van der Waals surface area contributed by atoms with Crippen LogP contribution in [0.4, 0.5) is 0 Å². The smallest absolute Gasteiger partial charge is 0.137 e. The van der Waals surface area contributed by atoms with Gasteiger partial charge in [-0.25, -0.2) is 4.98 Å². The van der Waals surface area contributed by atoms with Crippen molar-refractivity contribution in [1.82, 2.24) is 20.1 Å². The van der Waals surface area contributed by atoms with Crippen molar-refractivity contribution in [3.8, 4) is 0 Å². The first-order valence-electron chi connectivity index (χ1n) is 6.32. The number of nitrogens with zero attached hydrogens (tertiary/aromatic N) is 3. The van der Waals surface area contributed by atoms with Crippen molar-refractivity contribution in [3.05, 3.63) is 12.7 Å². The fourth-order valence-corrected chi connectivity index (χ4v) is 1.78. The molecule has 2 atom stereocenters. The molecule has 1 aromatic rings. The van der Waals surface area contributed by atoms with Crippen LogP contribution in [0.3, 0.4) is 0 Å². The van der Waals surface area contributed by atoms with Gasteiger partial charge in [0.2, 0.25) is 0 Å². The van der Waals surface area contributed by atoms with E-state index in [2.05, 4.69) is 36.2 Å². The van der Waals surface area contributed by atoms with Crippen molar-refractivity contribution < 1.29 is 0 Å². The van der Waals surface area contributed by atoms with Crippen LogP contribution in [0.5, 0.6) is 0 Å². The lowest BCUT2D eigenvalue weighted by atomic mass is 9.98. The molecule has 0 saturated heterocycles. The van der Waals surface area contributed by atoms with Crippen LogP contribution in [0.2, 0.25) is 0 Å². The monoisotopic (exact) mass is 224 g/mol. The quantitative estimate of drug-likeness (QED) is 0.735. The number of hydrogen-bond acceptors (Lipinski definition) is 3. The number of nitrogens with one attached hydrogen (secondary N) is 1. The molecule has 1 rings (SSSR count). The van der Waals surface area contributed by atoms with Crippen molar-refractivity contribution >= 4 is 0 Å². The highest BCUT2D eigenvalue weighted by Crippen LogP contribution is 2.11. The second-order valence-electron chi connectivity index (χ2n) is 4.47. The number of rotatable bonds is 8. The van der Waals surface area contributed by atoms with Crippen LogP contribution in [0.15, 0.2) is 12.7 Å². The molecule has 0 radical (unpaired) electrons. The lowest BCUT2D eigenvalue weighted by Crippen LogP contribution is -2.32. The van der Waals surface area contributed by atoms with Crippen molar-refractivity contribution in [3.63, 3.8) is 0 Å². The fourth-order valence-electron chi connectivity index (χ4n) is 1.78. The molecule has 0 spiro atoms. The van der Waals surface area contributed by atoms with E-state index in [-0.39, 0.29) is 0 Å². The van der Waals surface area contributed by atoms with Gasteiger partial charge in [0.15, 0.2) is 0 Å². The Kier molecular flexibility index (Phi) is 6.08. The molecule has 0 bridgehead atoms. The molecule has 92 valence electrons. The SMILES string of the molecule is CCC(C)CC(CC)NCCn1cncn1. The van der Waals surface area contributed by atoms with Gasteiger partial charge in [0.1, 0.15) is 12.7 Å². The minimum absolute atomic E-state index is 0.637. The molecule has 0 aromatic carbocycles. The molecule has 1 heterocycles. The van der Waals surface area contributed by atoms with Crippen molar-refractivity contribution in [2.75, 3.05) is 6.54 Å². The van der Waals surface area contributed by atoms with E-state index < -0.39 is 0 Å². The Hall–Kier alpha value is -0.900. The first-order valence-corrected chi connectivity index (χ1v) is 6.32. The summed E-state index contributed by atoms with van der Waals surface area (Å²) >= 11 is 0. The zero-order valence-corrected chi connectivity index (χ0v) is 10.7. The van der Waals surface area contributed by atoms with Crippen LogP contribution in [0, 0.1) is 5.92 Å². The molecule has 1 N–H and O–H groups in total. The normalized spacial score (nSPS) is 14.9. The standard InChI is InChI=1S/C12H24N4/c1-4-11(3)8-12(5-2)14-6-7-16-10-13-9-15-16/h9-12,14H,4-8H2,1-3H3. The molecule has 4 heteroatoms. The van der Waals surface area contributed by atoms with Gasteiger partial charge in [0.05, 0.1) is 6.54 Å². The van der Waals surface area contributed by atoms with Gasteiger partial charge in [-0.2, -0.15) is 5.10 Å². The summed E-state index contributed by atoms with van der Waals surface area (Å²) in [5.74, 6) is 0.809. The topological polar surface area (TPSA) is 42.7 Å². The predicted molar refractivity (Wildman–Crippen MR) is 66.2 cm³/mol. The average Bonchev–Trinajstić information content (AvgIpc) is 2.80. The van der Waals surface area contributed by atoms with E-state index in [0.717, 1.165) is 19.0 Å². The molecule has 0 aliphatic heterocycles. The van der Waals surface area contributed by atoms with Crippen LogP contribution < -0.4 is 5.32 Å². The molecule has 0 aliphatic rings. The summed E-state index contributed by atoms with van der Waals surface area (Å²) in [7, 11) is 0. The van der Waals surface area contributed by atoms with Crippen molar-refractivity contribution in [2.24, 2.45) is 5.92 Å². The highest BCUT2D eigenvalue weighted by molar-refractivity contribution is 4.68. The van der Waals surface area contributed by atoms with E-state index in [4.69, 9.17) is 0 Å². The van der Waals surface area contributed by atoms with Gasteiger partial charge in [0, 0.05) is 12.6 Å². The third-order valence-corrected chi connectivity index (χ3v) is 3.12. The summed E-state index contributed by atoms with van der Waals surface area (Å²) in [6.07, 6.45) is 7.07. The van der Waals surface area contributed by atoms with E-state index in [0.29, 0.717) is 6.04 Å². The summed E-state index contributed by atoms with van der Waals surface area (Å²) in [5.41, 5.74) is 0. The van der Waals surface area contributed by atoms with E-state index in [1.807, 2.05) is 4.68 Å². The highest BCUT2D eigenvalue weighted by atomic mass is 15.3. The Morgan fingerprint density at radius 2 is 2.12 bits per heavy atom. The van der Waals surface area contributed by atoms with E-state index >= 15 is 0 Å². The number of aromatic nitrogens is 3. The molecule has 0 saturated carbocycles. The van der Waals surface area contributed by atoms with Gasteiger partial charge < -0.3 is 5.32 Å². The minimum Gasteiger partial charge on any atom is -0.312 e. The molecule has 16 heavy (non-hydrogen) atoms. The van der Waals surface area contributed by atoms with Crippen molar-refractivity contribution in [2.45, 2.75) is 52.6 Å². The Bertz CT molecular complexity index is 258. The fraction of sp³-hybridized carbons (Fsp3) is 0.833. The largest absolute Gasteiger partial charge is 0.312 e. The average molecular weight is 224 g/mol. The molecular weight excluding hydrogens is 200 g/mol. The van der Waals surface area contributed by atoms with Crippen LogP contribution in [-0.4, -0.2) is 27.4 Å². The predicted octanol–water partition coefficient (Wildman–Crippen LogP) is 2.08. The van der Waals surface area contributed by atoms with E-state index in [9.17, 15) is 0 Å². The summed E-state index contributed by atoms with van der Waals surface area (Å²) in [5, 5.41) is 7.67. The lowest BCUT2D eigenvalue weighted by Gasteiger charge is -2.20. The Morgan fingerprint density at radius 1 is 1.31 bits per heavy atom. The van der Waals surface area contributed by atoms with Gasteiger partial charge in [-0.15, -0.1) is 0 Å². The highest BCUT2D eigenvalue weighted by Gasteiger charge is 2.09. The zero-order chi connectivity index (χ0) is 11.8. The third-order valence-electron chi connectivity index (χ3n) is 3.12. The summed E-state index contributed by atoms with van der Waals surface area (Å²) in [4.78, 5) is 3.93. The third kappa shape index (κ3) is 4.75. The van der Waals surface area contributed by atoms with Gasteiger partial charge in [-0.3, -0.25) is 4.68 Å². The van der Waals surface area contributed by atoms with Gasteiger partial charge in [-0.1, -0.05) is 27.2 Å². The maximum Gasteiger partial charge on any atom is 0.137 e. The van der Waals surface area contributed by atoms with Crippen LogP contribution >= 0.6 is 0 Å². The maximum absolute atomic E-state index is 4.08. The van der Waals surface area contributed by atoms with Crippen molar-refractivity contribution in [1.29, 1.82) is 0 Å². The van der Waals surface area contributed by atoms with E-state index in [1.54, 1.807) is 12.7 Å². The van der Waals surface area contributed by atoms with E-state index in [1.165, 1.54) is 19.3 Å². The molecule has 1 aromatic heterocycles. The lowest BCUT2D eigenvalue weighted by molar-refractivity contribution is 0.376. The minimum atomic E-state index is 0.637. The second-order valence-corrected chi connectivity index (χ2v) is 4.47. The molecular formula is C12H24N4. The zero-order valence-electron chi connectivity index (χ0n) is 10.7. The summed E-state index contributed by atoms with van der Waals surface area (Å²) in [6.45, 7) is 8.69. The van der Waals surface area contributed by atoms with Crippen LogP contribution in [0.1, 0.15) is 40.0 Å². The van der Waals surface area contributed by atoms with Crippen LogP contribution in [0.25, 0.3) is 0 Å². The van der Waals surface area contributed by atoms with Gasteiger partial charge in [0.25, 0.3) is 0 Å². The maximum atomic E-state index is 4.08. The van der Waals surface area contributed by atoms with Crippen LogP contribution in [-0.2, 0) is 6.54 Å². The molecule has 0 aliphatic carbocycles. The molecule has 0 fully saturated rings. The summed E-state index contributed by atoms with van der Waals surface area (Å²) < 4.78 is 1.86. The first kappa shape index (κ1) is 13.2.